The molecule has 1 N–H and O–H groups in total. The highest BCUT2D eigenvalue weighted by Gasteiger charge is 2.19. The maximum absolute atomic E-state index is 14.0. The molecular formula is C24H18F2N4O. The van der Waals surface area contributed by atoms with Gasteiger partial charge < -0.3 is 0 Å². The Morgan fingerprint density at radius 3 is 2.16 bits per heavy atom. The Morgan fingerprint density at radius 2 is 1.52 bits per heavy atom. The van der Waals surface area contributed by atoms with Crippen molar-refractivity contribution in [1.82, 2.24) is 15.2 Å². The van der Waals surface area contributed by atoms with Gasteiger partial charge in [0.1, 0.15) is 17.3 Å². The summed E-state index contributed by atoms with van der Waals surface area (Å²) >= 11 is 0. The van der Waals surface area contributed by atoms with Crippen molar-refractivity contribution in [2.45, 2.75) is 6.92 Å². The number of hydrogen-bond donors (Lipinski definition) is 1. The molecule has 0 bridgehead atoms. The van der Waals surface area contributed by atoms with Crippen molar-refractivity contribution in [3.63, 3.8) is 0 Å². The lowest BCUT2D eigenvalue weighted by molar-refractivity contribution is 0.0955. The Bertz CT molecular complexity index is 1230. The molecule has 1 heterocycles. The standard InChI is InChI=1S/C24H18F2N4O/c1-16(22-20(25)13-8-14-21(22)26)27-28-24(31)19-15-30(18-11-6-3-7-12-18)29-23(19)17-9-4-2-5-10-17/h2-15H,1H3,(H,28,31)/b27-16+. The summed E-state index contributed by atoms with van der Waals surface area (Å²) in [5.74, 6) is -2.05. The average Bonchev–Trinajstić information content (AvgIpc) is 3.24. The van der Waals surface area contributed by atoms with Gasteiger partial charge in [0.05, 0.1) is 22.5 Å². The smallest absolute Gasteiger partial charge is 0.267 e. The fraction of sp³-hybridized carbons (Fsp3) is 0.0417. The summed E-state index contributed by atoms with van der Waals surface area (Å²) < 4.78 is 29.6. The Balaban J connectivity index is 1.69. The second-order valence-corrected chi connectivity index (χ2v) is 6.77. The van der Waals surface area contributed by atoms with Crippen LogP contribution in [-0.4, -0.2) is 21.4 Å². The molecule has 1 amide bonds. The number of nitrogens with one attached hydrogen (secondary N) is 1. The highest BCUT2D eigenvalue weighted by molar-refractivity contribution is 6.03. The third-order valence-electron chi connectivity index (χ3n) is 4.68. The van der Waals surface area contributed by atoms with Crippen molar-refractivity contribution in [1.29, 1.82) is 0 Å². The number of carbonyl (C=O) groups is 1. The Kier molecular flexibility index (Phi) is 5.66. The summed E-state index contributed by atoms with van der Waals surface area (Å²) in [4.78, 5) is 12.9. The number of halogens is 2. The third kappa shape index (κ3) is 4.25. The lowest BCUT2D eigenvalue weighted by Crippen LogP contribution is -2.20. The number of hydrogen-bond acceptors (Lipinski definition) is 3. The minimum absolute atomic E-state index is 0.0145. The quantitative estimate of drug-likeness (QED) is 0.369. The van der Waals surface area contributed by atoms with E-state index in [1.165, 1.54) is 13.0 Å². The van der Waals surface area contributed by atoms with Crippen molar-refractivity contribution in [2.24, 2.45) is 5.10 Å². The van der Waals surface area contributed by atoms with E-state index in [0.717, 1.165) is 23.4 Å². The number of nitrogens with zero attached hydrogens (tertiary/aromatic N) is 3. The summed E-state index contributed by atoms with van der Waals surface area (Å²) in [6.07, 6.45) is 1.60. The summed E-state index contributed by atoms with van der Waals surface area (Å²) in [6.45, 7) is 1.42. The van der Waals surface area contributed by atoms with Crippen LogP contribution in [0.15, 0.2) is 90.2 Å². The van der Waals surface area contributed by atoms with Gasteiger partial charge in [-0.3, -0.25) is 4.79 Å². The molecule has 4 rings (SSSR count). The molecule has 0 saturated heterocycles. The number of amides is 1. The van der Waals surface area contributed by atoms with E-state index in [1.807, 2.05) is 60.7 Å². The zero-order chi connectivity index (χ0) is 21.8. The van der Waals surface area contributed by atoms with Crippen molar-refractivity contribution in [3.8, 4) is 16.9 Å². The van der Waals surface area contributed by atoms with E-state index in [2.05, 4.69) is 15.6 Å². The van der Waals surface area contributed by atoms with Gasteiger partial charge in [0.2, 0.25) is 0 Å². The molecule has 0 unspecified atom stereocenters. The van der Waals surface area contributed by atoms with Crippen LogP contribution >= 0.6 is 0 Å². The first-order chi connectivity index (χ1) is 15.0. The number of benzene rings is 3. The molecular weight excluding hydrogens is 398 g/mol. The maximum atomic E-state index is 14.0. The summed E-state index contributed by atoms with van der Waals surface area (Å²) in [6, 6.07) is 22.2. The highest BCUT2D eigenvalue weighted by Crippen LogP contribution is 2.23. The zero-order valence-corrected chi connectivity index (χ0v) is 16.6. The minimum Gasteiger partial charge on any atom is -0.267 e. The molecule has 5 nitrogen and oxygen atoms in total. The van der Waals surface area contributed by atoms with E-state index >= 15 is 0 Å². The molecule has 0 atom stereocenters. The largest absolute Gasteiger partial charge is 0.275 e. The van der Waals surface area contributed by atoms with E-state index in [0.29, 0.717) is 5.69 Å². The van der Waals surface area contributed by atoms with Gasteiger partial charge in [-0.25, -0.2) is 18.9 Å². The molecule has 4 aromatic rings. The fourth-order valence-electron chi connectivity index (χ4n) is 3.16. The number of hydrazone groups is 1. The molecule has 7 heteroatoms. The lowest BCUT2D eigenvalue weighted by Gasteiger charge is -2.05. The molecule has 0 fully saturated rings. The van der Waals surface area contributed by atoms with Crippen LogP contribution in [0.4, 0.5) is 8.78 Å². The molecule has 0 aliphatic carbocycles. The van der Waals surface area contributed by atoms with E-state index < -0.39 is 17.5 Å². The Hall–Kier alpha value is -4.13. The van der Waals surface area contributed by atoms with Gasteiger partial charge in [-0.05, 0) is 31.2 Å². The van der Waals surface area contributed by atoms with Crippen molar-refractivity contribution >= 4 is 11.6 Å². The van der Waals surface area contributed by atoms with E-state index in [-0.39, 0.29) is 16.8 Å². The average molecular weight is 416 g/mol. The van der Waals surface area contributed by atoms with Gasteiger partial charge in [-0.2, -0.15) is 10.2 Å². The predicted octanol–water partition coefficient (Wildman–Crippen LogP) is 4.97. The first-order valence-corrected chi connectivity index (χ1v) is 9.54. The van der Waals surface area contributed by atoms with Gasteiger partial charge >= 0.3 is 0 Å². The van der Waals surface area contributed by atoms with Crippen LogP contribution in [0.1, 0.15) is 22.8 Å². The third-order valence-corrected chi connectivity index (χ3v) is 4.68. The monoisotopic (exact) mass is 416 g/mol. The summed E-state index contributed by atoms with van der Waals surface area (Å²) in [5.41, 5.74) is 4.40. The van der Waals surface area contributed by atoms with Crippen LogP contribution in [0.25, 0.3) is 16.9 Å². The van der Waals surface area contributed by atoms with Crippen LogP contribution in [0.3, 0.4) is 0 Å². The maximum Gasteiger partial charge on any atom is 0.275 e. The molecule has 0 aliphatic rings. The van der Waals surface area contributed by atoms with Crippen molar-refractivity contribution in [3.05, 3.63) is 108 Å². The first kappa shape index (κ1) is 20.2. The van der Waals surface area contributed by atoms with Gasteiger partial charge in [0.15, 0.2) is 0 Å². The normalized spacial score (nSPS) is 11.4. The molecule has 0 spiro atoms. The summed E-state index contributed by atoms with van der Waals surface area (Å²) in [5, 5.41) is 8.48. The van der Waals surface area contributed by atoms with Crippen LogP contribution in [0, 0.1) is 11.6 Å². The number of carbonyl (C=O) groups excluding carboxylic acids is 1. The molecule has 3 aromatic carbocycles. The van der Waals surface area contributed by atoms with Crippen LogP contribution in [0.2, 0.25) is 0 Å². The Morgan fingerprint density at radius 1 is 0.903 bits per heavy atom. The van der Waals surface area contributed by atoms with Gasteiger partial charge in [0.25, 0.3) is 5.91 Å². The highest BCUT2D eigenvalue weighted by atomic mass is 19.1. The van der Waals surface area contributed by atoms with Gasteiger partial charge in [-0.1, -0.05) is 54.6 Å². The topological polar surface area (TPSA) is 59.3 Å². The molecule has 0 aliphatic heterocycles. The van der Waals surface area contributed by atoms with Gasteiger partial charge in [0, 0.05) is 11.8 Å². The Labute approximate surface area is 177 Å². The van der Waals surface area contributed by atoms with E-state index in [9.17, 15) is 13.6 Å². The minimum atomic E-state index is -0.752. The van der Waals surface area contributed by atoms with Gasteiger partial charge in [-0.15, -0.1) is 0 Å². The second kappa shape index (κ2) is 8.71. The molecule has 0 saturated carbocycles. The number of aromatic nitrogens is 2. The van der Waals surface area contributed by atoms with Crippen molar-refractivity contribution in [2.75, 3.05) is 0 Å². The van der Waals surface area contributed by atoms with Crippen LogP contribution in [0.5, 0.6) is 0 Å². The number of rotatable bonds is 5. The molecule has 0 radical (unpaired) electrons. The molecule has 1 aromatic heterocycles. The summed E-state index contributed by atoms with van der Waals surface area (Å²) in [7, 11) is 0. The van der Waals surface area contributed by atoms with Crippen LogP contribution < -0.4 is 5.43 Å². The van der Waals surface area contributed by atoms with Crippen molar-refractivity contribution < 1.29 is 13.6 Å². The first-order valence-electron chi connectivity index (χ1n) is 9.54. The fourth-order valence-corrected chi connectivity index (χ4v) is 3.16. The zero-order valence-electron chi connectivity index (χ0n) is 16.6. The van der Waals surface area contributed by atoms with Crippen LogP contribution in [-0.2, 0) is 0 Å². The SMILES string of the molecule is C/C(=N\NC(=O)c1cn(-c2ccccc2)nc1-c1ccccc1)c1c(F)cccc1F. The number of para-hydroxylation sites is 1. The van der Waals surface area contributed by atoms with E-state index in [1.54, 1.807) is 10.9 Å². The second-order valence-electron chi connectivity index (χ2n) is 6.77. The lowest BCUT2D eigenvalue weighted by atomic mass is 10.1. The molecule has 31 heavy (non-hydrogen) atoms. The van der Waals surface area contributed by atoms with E-state index in [4.69, 9.17) is 0 Å². The predicted molar refractivity (Wildman–Crippen MR) is 115 cm³/mol. The molecule has 154 valence electrons.